The van der Waals surface area contributed by atoms with Crippen LogP contribution in [0.4, 0.5) is 5.69 Å². The van der Waals surface area contributed by atoms with E-state index in [1.54, 1.807) is 0 Å². The Morgan fingerprint density at radius 1 is 1.07 bits per heavy atom. The molecule has 1 aliphatic heterocycles. The third-order valence-corrected chi connectivity index (χ3v) is 6.46. The molecule has 2 N–H and O–H groups in total. The first-order valence-electron chi connectivity index (χ1n) is 10.6. The van der Waals surface area contributed by atoms with Crippen LogP contribution in [0.1, 0.15) is 37.7 Å². The summed E-state index contributed by atoms with van der Waals surface area (Å²) in [5.41, 5.74) is 2.67. The molecular weight excluding hydrogens is 346 g/mol. The lowest BCUT2D eigenvalue weighted by molar-refractivity contribution is 0.0805. The molecule has 0 radical (unpaired) electrons. The van der Waals surface area contributed by atoms with Gasteiger partial charge in [-0.2, -0.15) is 0 Å². The fraction of sp³-hybridized carbons (Fsp3) is 0.500. The molecule has 28 heavy (non-hydrogen) atoms. The van der Waals surface area contributed by atoms with Gasteiger partial charge in [-0.15, -0.1) is 0 Å². The molecule has 0 bridgehead atoms. The number of anilines is 1. The highest BCUT2D eigenvalue weighted by Gasteiger charge is 2.47. The molecule has 2 aromatic rings. The zero-order valence-electron chi connectivity index (χ0n) is 17.1. The monoisotopic (exact) mass is 379 g/mol. The first-order chi connectivity index (χ1) is 13.6. The standard InChI is InChI=1S/C24H33N3O/c1-19(28)18-27-15-13-24(14-16-27,26(2)21-11-7-4-8-12-21)25-23-17-22(23)20-9-5-3-6-10-20/h3-12,19,22-23,25,28H,13-18H2,1-2H3/t19?,22-,23+/m0/s1. The van der Waals surface area contributed by atoms with Crippen molar-refractivity contribution >= 4 is 5.69 Å². The van der Waals surface area contributed by atoms with Crippen molar-refractivity contribution in [3.05, 3.63) is 66.2 Å². The minimum absolute atomic E-state index is 0.0370. The average molecular weight is 380 g/mol. The topological polar surface area (TPSA) is 38.7 Å². The van der Waals surface area contributed by atoms with E-state index in [0.717, 1.165) is 32.5 Å². The van der Waals surface area contributed by atoms with Crippen molar-refractivity contribution in [2.45, 2.75) is 49.9 Å². The molecule has 0 spiro atoms. The van der Waals surface area contributed by atoms with Gasteiger partial charge < -0.3 is 14.9 Å². The molecule has 1 saturated heterocycles. The maximum absolute atomic E-state index is 9.77. The molecule has 1 unspecified atom stereocenters. The van der Waals surface area contributed by atoms with E-state index in [4.69, 9.17) is 0 Å². The molecular formula is C24H33N3O. The molecule has 4 rings (SSSR count). The lowest BCUT2D eigenvalue weighted by Crippen LogP contribution is -2.64. The van der Waals surface area contributed by atoms with E-state index in [0.29, 0.717) is 12.0 Å². The number of nitrogens with one attached hydrogen (secondary N) is 1. The molecule has 0 amide bonds. The number of aliphatic hydroxyl groups excluding tert-OH is 1. The smallest absolute Gasteiger partial charge is 0.0932 e. The van der Waals surface area contributed by atoms with Crippen LogP contribution in [0.15, 0.2) is 60.7 Å². The fourth-order valence-corrected chi connectivity index (χ4v) is 4.72. The maximum atomic E-state index is 9.77. The van der Waals surface area contributed by atoms with Crippen LogP contribution in [-0.2, 0) is 0 Å². The highest BCUT2D eigenvalue weighted by molar-refractivity contribution is 5.48. The van der Waals surface area contributed by atoms with Gasteiger partial charge in [0, 0.05) is 44.3 Å². The summed E-state index contributed by atoms with van der Waals surface area (Å²) >= 11 is 0. The number of piperidine rings is 1. The van der Waals surface area contributed by atoms with Gasteiger partial charge in [0.1, 0.15) is 0 Å². The van der Waals surface area contributed by atoms with Crippen LogP contribution in [-0.4, -0.2) is 54.5 Å². The van der Waals surface area contributed by atoms with Crippen molar-refractivity contribution in [3.8, 4) is 0 Å². The zero-order valence-corrected chi connectivity index (χ0v) is 17.1. The van der Waals surface area contributed by atoms with Gasteiger partial charge in [0.25, 0.3) is 0 Å². The summed E-state index contributed by atoms with van der Waals surface area (Å²) in [6.07, 6.45) is 3.07. The molecule has 2 aliphatic rings. The van der Waals surface area contributed by atoms with Gasteiger partial charge in [0.2, 0.25) is 0 Å². The van der Waals surface area contributed by atoms with E-state index in [1.165, 1.54) is 17.7 Å². The van der Waals surface area contributed by atoms with Crippen LogP contribution in [0.2, 0.25) is 0 Å². The lowest BCUT2D eigenvalue weighted by Gasteiger charge is -2.49. The van der Waals surface area contributed by atoms with Crippen LogP contribution in [0.25, 0.3) is 0 Å². The normalized spacial score (nSPS) is 25.2. The van der Waals surface area contributed by atoms with Crippen LogP contribution in [0.5, 0.6) is 0 Å². The van der Waals surface area contributed by atoms with Gasteiger partial charge in [-0.05, 0) is 43.9 Å². The highest BCUT2D eigenvalue weighted by atomic mass is 16.3. The Bertz CT molecular complexity index is 741. The van der Waals surface area contributed by atoms with Crippen molar-refractivity contribution in [2.24, 2.45) is 0 Å². The van der Waals surface area contributed by atoms with E-state index in [2.05, 4.69) is 82.8 Å². The molecule has 1 saturated carbocycles. The van der Waals surface area contributed by atoms with E-state index >= 15 is 0 Å². The number of rotatable bonds is 7. The van der Waals surface area contributed by atoms with Gasteiger partial charge >= 0.3 is 0 Å². The van der Waals surface area contributed by atoms with Gasteiger partial charge in [-0.1, -0.05) is 48.5 Å². The second-order valence-electron chi connectivity index (χ2n) is 8.58. The molecule has 2 aromatic carbocycles. The molecule has 3 atom stereocenters. The van der Waals surface area contributed by atoms with E-state index < -0.39 is 0 Å². The summed E-state index contributed by atoms with van der Waals surface area (Å²) in [7, 11) is 2.23. The number of β-amino-alcohol motifs (C(OH)–C–C–N with tert-alkyl or cyclic N) is 1. The predicted octanol–water partition coefficient (Wildman–Crippen LogP) is 3.44. The number of hydrogen-bond acceptors (Lipinski definition) is 4. The van der Waals surface area contributed by atoms with Gasteiger partial charge in [0.05, 0.1) is 11.8 Å². The number of hydrogen-bond donors (Lipinski definition) is 2. The number of aliphatic hydroxyl groups is 1. The second-order valence-corrected chi connectivity index (χ2v) is 8.58. The molecule has 4 heteroatoms. The minimum Gasteiger partial charge on any atom is -0.392 e. The summed E-state index contributed by atoms with van der Waals surface area (Å²) in [4.78, 5) is 4.85. The molecule has 0 aromatic heterocycles. The van der Waals surface area contributed by atoms with Crippen molar-refractivity contribution in [1.82, 2.24) is 10.2 Å². The third kappa shape index (κ3) is 4.24. The minimum atomic E-state index is -0.266. The summed E-state index contributed by atoms with van der Waals surface area (Å²) in [6, 6.07) is 22.1. The van der Waals surface area contributed by atoms with Crippen molar-refractivity contribution in [2.75, 3.05) is 31.6 Å². The Hall–Kier alpha value is -1.88. The number of benzene rings is 2. The molecule has 1 heterocycles. The quantitative estimate of drug-likeness (QED) is 0.723. The Kier molecular flexibility index (Phi) is 5.72. The molecule has 2 fully saturated rings. The average Bonchev–Trinajstić information content (AvgIpc) is 3.49. The summed E-state index contributed by atoms with van der Waals surface area (Å²) in [6.45, 7) is 4.67. The second kappa shape index (κ2) is 8.24. The lowest BCUT2D eigenvalue weighted by atomic mass is 9.93. The Morgan fingerprint density at radius 2 is 1.68 bits per heavy atom. The fourth-order valence-electron chi connectivity index (χ4n) is 4.72. The van der Waals surface area contributed by atoms with E-state index in [1.807, 2.05) is 6.92 Å². The summed E-state index contributed by atoms with van der Waals surface area (Å²) in [5, 5.41) is 13.8. The van der Waals surface area contributed by atoms with Crippen LogP contribution in [0, 0.1) is 0 Å². The molecule has 4 nitrogen and oxygen atoms in total. The van der Waals surface area contributed by atoms with Crippen LogP contribution < -0.4 is 10.2 Å². The maximum Gasteiger partial charge on any atom is 0.0932 e. The van der Waals surface area contributed by atoms with Crippen molar-refractivity contribution in [3.63, 3.8) is 0 Å². The molecule has 1 aliphatic carbocycles. The van der Waals surface area contributed by atoms with Gasteiger partial charge in [0.15, 0.2) is 0 Å². The largest absolute Gasteiger partial charge is 0.392 e. The Labute approximate surface area is 169 Å². The van der Waals surface area contributed by atoms with Crippen LogP contribution >= 0.6 is 0 Å². The van der Waals surface area contributed by atoms with Gasteiger partial charge in [-0.3, -0.25) is 5.32 Å². The van der Waals surface area contributed by atoms with Crippen molar-refractivity contribution < 1.29 is 5.11 Å². The predicted molar refractivity (Wildman–Crippen MR) is 116 cm³/mol. The SMILES string of the molecule is CC(O)CN1CCC(N[C@@H]2C[C@H]2c2ccccc2)(N(C)c2ccccc2)CC1. The third-order valence-electron chi connectivity index (χ3n) is 6.46. The highest BCUT2D eigenvalue weighted by Crippen LogP contribution is 2.43. The summed E-state index contributed by atoms with van der Waals surface area (Å²) < 4.78 is 0. The number of para-hydroxylation sites is 1. The first-order valence-corrected chi connectivity index (χ1v) is 10.6. The van der Waals surface area contributed by atoms with E-state index in [-0.39, 0.29) is 11.8 Å². The van der Waals surface area contributed by atoms with E-state index in [9.17, 15) is 5.11 Å². The summed E-state index contributed by atoms with van der Waals surface area (Å²) in [5.74, 6) is 0.623. The Morgan fingerprint density at radius 3 is 2.29 bits per heavy atom. The molecule has 150 valence electrons. The number of likely N-dealkylation sites (tertiary alicyclic amines) is 1. The number of nitrogens with zero attached hydrogens (tertiary/aromatic N) is 2. The van der Waals surface area contributed by atoms with Crippen LogP contribution in [0.3, 0.4) is 0 Å². The zero-order chi connectivity index (χ0) is 19.6. The van der Waals surface area contributed by atoms with Gasteiger partial charge in [-0.25, -0.2) is 0 Å². The Balaban J connectivity index is 1.50. The van der Waals surface area contributed by atoms with Crippen molar-refractivity contribution in [1.29, 1.82) is 0 Å². The first kappa shape index (κ1) is 19.4.